The fourth-order valence-electron chi connectivity index (χ4n) is 1.13. The second kappa shape index (κ2) is 3.76. The van der Waals surface area contributed by atoms with Crippen LogP contribution in [0, 0.1) is 0 Å². The van der Waals surface area contributed by atoms with E-state index in [-0.39, 0.29) is 5.76 Å². The van der Waals surface area contributed by atoms with Gasteiger partial charge in [0.2, 0.25) is 0 Å². The van der Waals surface area contributed by atoms with Gasteiger partial charge in [-0.15, -0.1) is 0 Å². The highest BCUT2D eigenvalue weighted by Gasteiger charge is 2.44. The lowest BCUT2D eigenvalue weighted by Gasteiger charge is -2.12. The van der Waals surface area contributed by atoms with Gasteiger partial charge in [0.05, 0.1) is 0 Å². The van der Waals surface area contributed by atoms with Crippen LogP contribution in [0.2, 0.25) is 0 Å². The van der Waals surface area contributed by atoms with E-state index in [1.54, 1.807) is 6.92 Å². The maximum absolute atomic E-state index is 10.7. The SMILES string of the molecule is CCC=C(O)[C@H]1OC(=O)[C@@H](O)[C@H]1O. The van der Waals surface area contributed by atoms with E-state index in [2.05, 4.69) is 4.74 Å². The number of carbonyl (C=O) groups is 1. The molecule has 1 aliphatic rings. The van der Waals surface area contributed by atoms with Crippen LogP contribution in [0.4, 0.5) is 0 Å². The molecule has 0 bridgehead atoms. The highest BCUT2D eigenvalue weighted by Crippen LogP contribution is 2.20. The summed E-state index contributed by atoms with van der Waals surface area (Å²) in [4.78, 5) is 10.7. The Morgan fingerprint density at radius 1 is 1.62 bits per heavy atom. The van der Waals surface area contributed by atoms with Gasteiger partial charge in [-0.05, 0) is 12.5 Å². The van der Waals surface area contributed by atoms with Gasteiger partial charge in [-0.1, -0.05) is 6.92 Å². The van der Waals surface area contributed by atoms with Crippen molar-refractivity contribution in [1.82, 2.24) is 0 Å². The number of cyclic esters (lactones) is 1. The monoisotopic (exact) mass is 188 g/mol. The summed E-state index contributed by atoms with van der Waals surface area (Å²) in [6.07, 6.45) is -2.09. The molecule has 0 spiro atoms. The van der Waals surface area contributed by atoms with Crippen molar-refractivity contribution in [3.63, 3.8) is 0 Å². The van der Waals surface area contributed by atoms with Crippen LogP contribution in [-0.2, 0) is 9.53 Å². The first-order valence-corrected chi connectivity index (χ1v) is 4.03. The predicted octanol–water partition coefficient (Wildman–Crippen LogP) is -0.515. The van der Waals surface area contributed by atoms with Crippen LogP contribution in [0.3, 0.4) is 0 Å². The number of allylic oxidation sites excluding steroid dienone is 1. The molecule has 0 unspecified atom stereocenters. The van der Waals surface area contributed by atoms with Gasteiger partial charge >= 0.3 is 5.97 Å². The molecule has 0 aromatic carbocycles. The third-order valence-corrected chi connectivity index (χ3v) is 1.82. The Kier molecular flexibility index (Phi) is 2.90. The minimum absolute atomic E-state index is 0.222. The fraction of sp³-hybridized carbons (Fsp3) is 0.625. The van der Waals surface area contributed by atoms with Crippen molar-refractivity contribution in [2.24, 2.45) is 0 Å². The molecular formula is C8H12O5. The number of hydrogen-bond donors (Lipinski definition) is 3. The molecule has 0 saturated carbocycles. The topological polar surface area (TPSA) is 87.0 Å². The lowest BCUT2D eigenvalue weighted by atomic mass is 10.1. The Labute approximate surface area is 75.3 Å². The number of hydrogen-bond acceptors (Lipinski definition) is 5. The number of aliphatic hydroxyl groups excluding tert-OH is 3. The average Bonchev–Trinajstić information content (AvgIpc) is 2.33. The molecule has 0 radical (unpaired) electrons. The summed E-state index contributed by atoms with van der Waals surface area (Å²) in [5, 5.41) is 27.5. The van der Waals surface area contributed by atoms with Gasteiger partial charge < -0.3 is 20.1 Å². The van der Waals surface area contributed by atoms with Crippen molar-refractivity contribution in [2.45, 2.75) is 31.7 Å². The van der Waals surface area contributed by atoms with Crippen LogP contribution in [0.15, 0.2) is 11.8 Å². The highest BCUT2D eigenvalue weighted by molar-refractivity contribution is 5.78. The maximum Gasteiger partial charge on any atom is 0.338 e. The molecule has 1 aliphatic heterocycles. The van der Waals surface area contributed by atoms with Crippen LogP contribution in [0.1, 0.15) is 13.3 Å². The number of ether oxygens (including phenoxy) is 1. The summed E-state index contributed by atoms with van der Waals surface area (Å²) in [6.45, 7) is 1.79. The number of aliphatic hydroxyl groups is 3. The van der Waals surface area contributed by atoms with Crippen LogP contribution in [0.25, 0.3) is 0 Å². The van der Waals surface area contributed by atoms with Gasteiger partial charge in [0, 0.05) is 0 Å². The fourth-order valence-corrected chi connectivity index (χ4v) is 1.13. The zero-order valence-electron chi connectivity index (χ0n) is 7.17. The van der Waals surface area contributed by atoms with E-state index in [4.69, 9.17) is 5.11 Å². The van der Waals surface area contributed by atoms with Gasteiger partial charge in [0.25, 0.3) is 0 Å². The van der Waals surface area contributed by atoms with Crippen molar-refractivity contribution >= 4 is 5.97 Å². The molecule has 5 nitrogen and oxygen atoms in total. The quantitative estimate of drug-likeness (QED) is 0.401. The summed E-state index contributed by atoms with van der Waals surface area (Å²) in [5.41, 5.74) is 0. The predicted molar refractivity (Wildman–Crippen MR) is 42.9 cm³/mol. The smallest absolute Gasteiger partial charge is 0.338 e. The lowest BCUT2D eigenvalue weighted by Crippen LogP contribution is -2.31. The third-order valence-electron chi connectivity index (χ3n) is 1.82. The molecule has 1 saturated heterocycles. The second-order valence-electron chi connectivity index (χ2n) is 2.83. The van der Waals surface area contributed by atoms with Gasteiger partial charge in [-0.25, -0.2) is 4.79 Å². The molecule has 5 heteroatoms. The molecular weight excluding hydrogens is 176 g/mol. The summed E-state index contributed by atoms with van der Waals surface area (Å²) in [7, 11) is 0. The molecule has 3 atom stereocenters. The first kappa shape index (κ1) is 10.0. The average molecular weight is 188 g/mol. The minimum Gasteiger partial charge on any atom is -0.509 e. The molecule has 1 rings (SSSR count). The number of esters is 1. The molecule has 0 aromatic heterocycles. The Morgan fingerprint density at radius 3 is 2.62 bits per heavy atom. The Morgan fingerprint density at radius 2 is 2.23 bits per heavy atom. The zero-order chi connectivity index (χ0) is 10.0. The molecule has 1 fully saturated rings. The van der Waals surface area contributed by atoms with Gasteiger partial charge in [-0.2, -0.15) is 0 Å². The zero-order valence-corrected chi connectivity index (χ0v) is 7.17. The number of rotatable bonds is 2. The molecule has 3 N–H and O–H groups in total. The van der Waals surface area contributed by atoms with Crippen molar-refractivity contribution < 1.29 is 24.9 Å². The lowest BCUT2D eigenvalue weighted by molar-refractivity contribution is -0.147. The Balaban J connectivity index is 2.73. The Bertz CT molecular complexity index is 235. The first-order chi connectivity index (χ1) is 6.07. The molecule has 0 aliphatic carbocycles. The minimum atomic E-state index is -1.56. The molecule has 1 heterocycles. The van der Waals surface area contributed by atoms with Crippen LogP contribution >= 0.6 is 0 Å². The first-order valence-electron chi connectivity index (χ1n) is 4.03. The van der Waals surface area contributed by atoms with E-state index in [9.17, 15) is 15.0 Å². The second-order valence-corrected chi connectivity index (χ2v) is 2.83. The molecule has 0 aromatic rings. The summed E-state index contributed by atoms with van der Waals surface area (Å²) in [5.74, 6) is -1.13. The van der Waals surface area contributed by atoms with Crippen molar-refractivity contribution in [2.75, 3.05) is 0 Å². The highest BCUT2D eigenvalue weighted by atomic mass is 16.6. The standard InChI is InChI=1S/C8H12O5/c1-2-3-4(9)7-5(10)6(11)8(12)13-7/h3,5-7,9-11H,2H2,1H3/t5-,6+,7-/m1/s1. The van der Waals surface area contributed by atoms with Gasteiger partial charge in [0.1, 0.15) is 11.9 Å². The summed E-state index contributed by atoms with van der Waals surface area (Å²) < 4.78 is 4.54. The van der Waals surface area contributed by atoms with Crippen LogP contribution < -0.4 is 0 Å². The third kappa shape index (κ3) is 1.81. The van der Waals surface area contributed by atoms with Crippen LogP contribution in [0.5, 0.6) is 0 Å². The molecule has 74 valence electrons. The summed E-state index contributed by atoms with van der Waals surface area (Å²) in [6, 6.07) is 0. The van der Waals surface area contributed by atoms with E-state index >= 15 is 0 Å². The van der Waals surface area contributed by atoms with Crippen molar-refractivity contribution in [1.29, 1.82) is 0 Å². The van der Waals surface area contributed by atoms with E-state index < -0.39 is 24.3 Å². The van der Waals surface area contributed by atoms with E-state index in [1.165, 1.54) is 6.08 Å². The van der Waals surface area contributed by atoms with E-state index in [0.29, 0.717) is 6.42 Å². The molecule has 13 heavy (non-hydrogen) atoms. The van der Waals surface area contributed by atoms with Crippen LogP contribution in [-0.4, -0.2) is 39.6 Å². The summed E-state index contributed by atoms with van der Waals surface area (Å²) >= 11 is 0. The molecule has 0 amide bonds. The van der Waals surface area contributed by atoms with Gasteiger partial charge in [0.15, 0.2) is 12.2 Å². The number of carbonyl (C=O) groups excluding carboxylic acids is 1. The Hall–Kier alpha value is -1.07. The van der Waals surface area contributed by atoms with Crippen molar-refractivity contribution in [3.05, 3.63) is 11.8 Å². The van der Waals surface area contributed by atoms with E-state index in [0.717, 1.165) is 0 Å². The normalized spacial score (nSPS) is 34.8. The van der Waals surface area contributed by atoms with Crippen molar-refractivity contribution in [3.8, 4) is 0 Å². The maximum atomic E-state index is 10.7. The van der Waals surface area contributed by atoms with E-state index in [1.807, 2.05) is 0 Å². The largest absolute Gasteiger partial charge is 0.509 e. The van der Waals surface area contributed by atoms with Gasteiger partial charge in [-0.3, -0.25) is 0 Å².